The molecule has 1 amide bonds. The lowest BCUT2D eigenvalue weighted by atomic mass is 10.1. The van der Waals surface area contributed by atoms with Crippen molar-refractivity contribution in [3.8, 4) is 10.4 Å². The highest BCUT2D eigenvalue weighted by Gasteiger charge is 2.10. The van der Waals surface area contributed by atoms with Crippen molar-refractivity contribution in [2.45, 2.75) is 19.8 Å². The lowest BCUT2D eigenvalue weighted by Gasteiger charge is -2.05. The minimum absolute atomic E-state index is 0.0466. The number of aromatic nitrogens is 1. The van der Waals surface area contributed by atoms with Crippen LogP contribution in [-0.2, 0) is 9.59 Å². The van der Waals surface area contributed by atoms with Gasteiger partial charge in [-0.15, -0.1) is 0 Å². The molecule has 1 aromatic heterocycles. The maximum atomic E-state index is 11.6. The number of guanidine groups is 1. The number of carbonyl (C=O) groups excluding carboxylic acids is 1. The third-order valence-electron chi connectivity index (χ3n) is 3.01. The first-order valence-electron chi connectivity index (χ1n) is 7.04. The van der Waals surface area contributed by atoms with E-state index in [1.54, 1.807) is 12.1 Å². The summed E-state index contributed by atoms with van der Waals surface area (Å²) in [7, 11) is 0. The number of carboxylic acids is 1. The second-order valence-electron chi connectivity index (χ2n) is 4.97. The van der Waals surface area contributed by atoms with E-state index in [9.17, 15) is 9.59 Å². The van der Waals surface area contributed by atoms with Crippen LogP contribution in [0.2, 0.25) is 0 Å². The topological polar surface area (TPSA) is 144 Å². The van der Waals surface area contributed by atoms with Gasteiger partial charge in [0.05, 0.1) is 17.0 Å². The Labute approximate surface area is 142 Å². The maximum absolute atomic E-state index is 11.6. The van der Waals surface area contributed by atoms with E-state index in [0.29, 0.717) is 10.8 Å². The Morgan fingerprint density at radius 3 is 2.50 bits per heavy atom. The van der Waals surface area contributed by atoms with Gasteiger partial charge in [-0.25, -0.2) is 4.98 Å². The fraction of sp³-hybridized carbons (Fsp3) is 0.200. The lowest BCUT2D eigenvalue weighted by molar-refractivity contribution is -0.138. The molecule has 2 rings (SSSR count). The van der Waals surface area contributed by atoms with Crippen LogP contribution < -0.4 is 16.8 Å². The van der Waals surface area contributed by atoms with E-state index >= 15 is 0 Å². The van der Waals surface area contributed by atoms with E-state index in [4.69, 9.17) is 16.6 Å². The predicted octanol–water partition coefficient (Wildman–Crippen LogP) is 1.83. The van der Waals surface area contributed by atoms with Crippen molar-refractivity contribution >= 4 is 40.0 Å². The van der Waals surface area contributed by atoms with Crippen molar-refractivity contribution < 1.29 is 14.7 Å². The van der Waals surface area contributed by atoms with Gasteiger partial charge in [-0.3, -0.25) is 9.59 Å². The minimum Gasteiger partial charge on any atom is -0.481 e. The van der Waals surface area contributed by atoms with Gasteiger partial charge < -0.3 is 21.9 Å². The standard InChI is InChI=1S/C15H17N5O3S/c1-8-13(24-15(18-8)20-14(16)17)9-2-4-10(5-3-9)19-11(21)6-7-12(22)23/h2-5H,6-7H2,1H3,(H,19,21)(H,22,23)(H4,16,17,18,20). The molecule has 6 N–H and O–H groups in total. The Morgan fingerprint density at radius 1 is 1.25 bits per heavy atom. The Morgan fingerprint density at radius 2 is 1.92 bits per heavy atom. The van der Waals surface area contributed by atoms with Gasteiger partial charge in [0, 0.05) is 12.1 Å². The molecular formula is C15H17N5O3S. The molecule has 8 nitrogen and oxygen atoms in total. The number of aryl methyl sites for hydroxylation is 1. The number of thiazole rings is 1. The van der Waals surface area contributed by atoms with Crippen molar-refractivity contribution in [3.63, 3.8) is 0 Å². The van der Waals surface area contributed by atoms with Crippen LogP contribution in [0.4, 0.5) is 10.8 Å². The number of carboxylic acid groups (broad SMARTS) is 1. The molecule has 24 heavy (non-hydrogen) atoms. The molecule has 2 aromatic rings. The number of aliphatic imine (C=N–C) groups is 1. The summed E-state index contributed by atoms with van der Waals surface area (Å²) in [5.74, 6) is -1.39. The zero-order chi connectivity index (χ0) is 17.7. The van der Waals surface area contributed by atoms with Gasteiger partial charge in [0.1, 0.15) is 0 Å². The largest absolute Gasteiger partial charge is 0.481 e. The number of hydrogen-bond donors (Lipinski definition) is 4. The van der Waals surface area contributed by atoms with Crippen molar-refractivity contribution in [2.75, 3.05) is 5.32 Å². The number of nitrogens with two attached hydrogens (primary N) is 2. The number of hydrogen-bond acceptors (Lipinski definition) is 5. The van der Waals surface area contributed by atoms with Gasteiger partial charge in [0.2, 0.25) is 11.0 Å². The SMILES string of the molecule is Cc1nc(N=C(N)N)sc1-c1ccc(NC(=O)CCC(=O)O)cc1. The van der Waals surface area contributed by atoms with Crippen LogP contribution in [0.5, 0.6) is 0 Å². The first-order chi connectivity index (χ1) is 11.3. The quantitative estimate of drug-likeness (QED) is 0.463. The van der Waals surface area contributed by atoms with Crippen LogP contribution in [0, 0.1) is 6.92 Å². The first kappa shape index (κ1) is 17.4. The summed E-state index contributed by atoms with van der Waals surface area (Å²) in [6.07, 6.45) is -0.259. The van der Waals surface area contributed by atoms with E-state index in [0.717, 1.165) is 16.1 Å². The lowest BCUT2D eigenvalue weighted by Crippen LogP contribution is -2.21. The Hall–Kier alpha value is -2.94. The summed E-state index contributed by atoms with van der Waals surface area (Å²) in [6.45, 7) is 1.86. The molecule has 0 aliphatic heterocycles. The number of benzene rings is 1. The Balaban J connectivity index is 2.09. The summed E-state index contributed by atoms with van der Waals surface area (Å²) in [4.78, 5) is 31.2. The third kappa shape index (κ3) is 4.78. The molecule has 0 bridgehead atoms. The number of nitrogens with one attached hydrogen (secondary N) is 1. The summed E-state index contributed by atoms with van der Waals surface area (Å²) < 4.78 is 0. The molecule has 1 heterocycles. The second-order valence-corrected chi connectivity index (χ2v) is 5.94. The van der Waals surface area contributed by atoms with E-state index < -0.39 is 5.97 Å². The van der Waals surface area contributed by atoms with Gasteiger partial charge in [-0.1, -0.05) is 23.5 Å². The van der Waals surface area contributed by atoms with Crippen LogP contribution in [0.15, 0.2) is 29.3 Å². The van der Waals surface area contributed by atoms with E-state index in [2.05, 4.69) is 15.3 Å². The summed E-state index contributed by atoms with van der Waals surface area (Å²) >= 11 is 1.36. The highest BCUT2D eigenvalue weighted by molar-refractivity contribution is 7.18. The molecule has 0 aliphatic carbocycles. The molecule has 0 saturated carbocycles. The fourth-order valence-corrected chi connectivity index (χ4v) is 2.92. The van der Waals surface area contributed by atoms with E-state index in [1.165, 1.54) is 11.3 Å². The number of rotatable bonds is 6. The maximum Gasteiger partial charge on any atom is 0.303 e. The van der Waals surface area contributed by atoms with Crippen LogP contribution >= 0.6 is 11.3 Å². The van der Waals surface area contributed by atoms with Gasteiger partial charge >= 0.3 is 5.97 Å². The number of carbonyl (C=O) groups is 2. The van der Waals surface area contributed by atoms with Crippen molar-refractivity contribution in [1.82, 2.24) is 4.98 Å². The van der Waals surface area contributed by atoms with Crippen molar-refractivity contribution in [2.24, 2.45) is 16.5 Å². The molecule has 0 radical (unpaired) electrons. The minimum atomic E-state index is -1.00. The monoisotopic (exact) mass is 347 g/mol. The fourth-order valence-electron chi connectivity index (χ4n) is 1.96. The molecule has 0 unspecified atom stereocenters. The second kappa shape index (κ2) is 7.55. The van der Waals surface area contributed by atoms with Crippen molar-refractivity contribution in [1.29, 1.82) is 0 Å². The number of amides is 1. The molecule has 0 aliphatic rings. The summed E-state index contributed by atoms with van der Waals surface area (Å²) in [5, 5.41) is 11.7. The third-order valence-corrected chi connectivity index (χ3v) is 4.11. The van der Waals surface area contributed by atoms with E-state index in [-0.39, 0.29) is 24.7 Å². The van der Waals surface area contributed by atoms with Crippen LogP contribution in [0.25, 0.3) is 10.4 Å². The molecule has 9 heteroatoms. The summed E-state index contributed by atoms with van der Waals surface area (Å²) in [6, 6.07) is 7.17. The van der Waals surface area contributed by atoms with Gasteiger partial charge in [-0.2, -0.15) is 4.99 Å². The summed E-state index contributed by atoms with van der Waals surface area (Å²) in [5.41, 5.74) is 13.0. The van der Waals surface area contributed by atoms with Crippen LogP contribution in [0.3, 0.4) is 0 Å². The number of anilines is 1. The Kier molecular flexibility index (Phi) is 5.48. The molecule has 0 saturated heterocycles. The molecule has 0 fully saturated rings. The molecule has 0 spiro atoms. The van der Waals surface area contributed by atoms with E-state index in [1.807, 2.05) is 19.1 Å². The first-order valence-corrected chi connectivity index (χ1v) is 7.86. The zero-order valence-corrected chi connectivity index (χ0v) is 13.8. The molecule has 126 valence electrons. The van der Waals surface area contributed by atoms with Crippen LogP contribution in [0.1, 0.15) is 18.5 Å². The van der Waals surface area contributed by atoms with Gasteiger partial charge in [0.15, 0.2) is 5.96 Å². The van der Waals surface area contributed by atoms with Crippen molar-refractivity contribution in [3.05, 3.63) is 30.0 Å². The smallest absolute Gasteiger partial charge is 0.303 e. The van der Waals surface area contributed by atoms with Gasteiger partial charge in [-0.05, 0) is 24.6 Å². The number of aliphatic carboxylic acids is 1. The Bertz CT molecular complexity index is 779. The average Bonchev–Trinajstić information content (AvgIpc) is 2.85. The number of nitrogens with zero attached hydrogens (tertiary/aromatic N) is 2. The zero-order valence-electron chi connectivity index (χ0n) is 12.9. The highest BCUT2D eigenvalue weighted by Crippen LogP contribution is 2.34. The molecule has 1 aromatic carbocycles. The van der Waals surface area contributed by atoms with Gasteiger partial charge in [0.25, 0.3) is 0 Å². The highest BCUT2D eigenvalue weighted by atomic mass is 32.1. The molecular weight excluding hydrogens is 330 g/mol. The average molecular weight is 347 g/mol. The normalized spacial score (nSPS) is 10.2. The molecule has 0 atom stereocenters. The predicted molar refractivity (Wildman–Crippen MR) is 93.3 cm³/mol. The van der Waals surface area contributed by atoms with Crippen LogP contribution in [-0.4, -0.2) is 27.9 Å².